The van der Waals surface area contributed by atoms with E-state index >= 15 is 0 Å². The molecule has 2 unspecified atom stereocenters. The minimum atomic E-state index is -0.256. The summed E-state index contributed by atoms with van der Waals surface area (Å²) in [5, 5.41) is 1.77. The van der Waals surface area contributed by atoms with Gasteiger partial charge in [0, 0.05) is 27.8 Å². The number of aromatic nitrogens is 1. The molecule has 2 heterocycles. The first-order valence-electron chi connectivity index (χ1n) is 10.0. The predicted molar refractivity (Wildman–Crippen MR) is 120 cm³/mol. The maximum absolute atomic E-state index is 13.4. The van der Waals surface area contributed by atoms with E-state index in [4.69, 9.17) is 16.3 Å². The van der Waals surface area contributed by atoms with Gasteiger partial charge in [-0.3, -0.25) is 4.79 Å². The molecular weight excluding hydrogens is 396 g/mol. The van der Waals surface area contributed by atoms with Crippen molar-refractivity contribution < 1.29 is 9.53 Å². The van der Waals surface area contributed by atoms with Crippen LogP contribution in [0.5, 0.6) is 5.75 Å². The summed E-state index contributed by atoms with van der Waals surface area (Å²) in [6, 6.07) is 23.4. The molecule has 0 bridgehead atoms. The van der Waals surface area contributed by atoms with Crippen LogP contribution in [-0.4, -0.2) is 17.5 Å². The van der Waals surface area contributed by atoms with Crippen molar-refractivity contribution in [1.29, 1.82) is 0 Å². The van der Waals surface area contributed by atoms with E-state index < -0.39 is 0 Å². The number of β-lactam (4-membered cyclic amide) rings is 1. The number of rotatable bonds is 5. The van der Waals surface area contributed by atoms with E-state index in [0.29, 0.717) is 11.6 Å². The van der Waals surface area contributed by atoms with Crippen LogP contribution in [0.3, 0.4) is 0 Å². The number of hydrogen-bond acceptors (Lipinski definition) is 2. The Labute approximate surface area is 180 Å². The molecule has 1 aromatic heterocycles. The maximum Gasteiger partial charge on any atom is 0.237 e. The monoisotopic (exact) mass is 416 g/mol. The number of halogens is 1. The first-order chi connectivity index (χ1) is 14.7. The molecule has 4 nitrogen and oxygen atoms in total. The Balaban J connectivity index is 1.57. The lowest BCUT2D eigenvalue weighted by Crippen LogP contribution is -2.53. The van der Waals surface area contributed by atoms with Crippen molar-refractivity contribution >= 4 is 34.1 Å². The van der Waals surface area contributed by atoms with Gasteiger partial charge in [0.05, 0.1) is 18.6 Å². The van der Waals surface area contributed by atoms with E-state index in [1.165, 1.54) is 0 Å². The highest BCUT2D eigenvalue weighted by Crippen LogP contribution is 2.50. The summed E-state index contributed by atoms with van der Waals surface area (Å²) >= 11 is 6.12. The summed E-state index contributed by atoms with van der Waals surface area (Å²) in [6.07, 6.45) is 1.96. The van der Waals surface area contributed by atoms with E-state index in [0.717, 1.165) is 33.5 Å². The average Bonchev–Trinajstić information content (AvgIpc) is 3.18. The van der Waals surface area contributed by atoms with Crippen LogP contribution in [0.25, 0.3) is 10.9 Å². The zero-order valence-corrected chi connectivity index (χ0v) is 17.3. The van der Waals surface area contributed by atoms with Crippen LogP contribution in [0.2, 0.25) is 5.02 Å². The lowest BCUT2D eigenvalue weighted by atomic mass is 9.77. The Morgan fingerprint density at radius 3 is 2.47 bits per heavy atom. The molecule has 1 amide bonds. The number of ether oxygens (including phenoxy) is 1. The molecule has 150 valence electrons. The Bertz CT molecular complexity index is 1200. The molecule has 4 aromatic rings. The highest BCUT2D eigenvalue weighted by Gasteiger charge is 2.50. The number of carbonyl (C=O) groups is 1. The zero-order chi connectivity index (χ0) is 20.7. The Morgan fingerprint density at radius 2 is 1.73 bits per heavy atom. The van der Waals surface area contributed by atoms with Gasteiger partial charge in [-0.05, 0) is 60.5 Å². The van der Waals surface area contributed by atoms with Crippen molar-refractivity contribution in [2.75, 3.05) is 11.5 Å². The molecule has 1 saturated heterocycles. The van der Waals surface area contributed by atoms with E-state index in [2.05, 4.69) is 11.1 Å². The molecule has 0 aliphatic carbocycles. The fraction of sp³-hybridized carbons (Fsp3) is 0.160. The molecular formula is C25H21ClN2O2. The number of nitrogens with zero attached hydrogens (tertiary/aromatic N) is 1. The smallest absolute Gasteiger partial charge is 0.237 e. The van der Waals surface area contributed by atoms with E-state index in [1.807, 2.05) is 84.8 Å². The number of fused-ring (bicyclic) bond motifs is 1. The van der Waals surface area contributed by atoms with Crippen molar-refractivity contribution in [3.8, 4) is 5.75 Å². The van der Waals surface area contributed by atoms with Crippen molar-refractivity contribution in [3.05, 3.63) is 95.1 Å². The number of aromatic amines is 1. The van der Waals surface area contributed by atoms with Crippen molar-refractivity contribution in [1.82, 2.24) is 4.98 Å². The van der Waals surface area contributed by atoms with Gasteiger partial charge in [-0.25, -0.2) is 0 Å². The number of benzene rings is 3. The van der Waals surface area contributed by atoms with Crippen molar-refractivity contribution in [3.63, 3.8) is 0 Å². The molecule has 0 spiro atoms. The summed E-state index contributed by atoms with van der Waals surface area (Å²) in [4.78, 5) is 18.6. The number of amides is 1. The second-order valence-electron chi connectivity index (χ2n) is 7.40. The molecule has 0 saturated carbocycles. The van der Waals surface area contributed by atoms with Gasteiger partial charge in [-0.1, -0.05) is 41.9 Å². The van der Waals surface area contributed by atoms with E-state index in [9.17, 15) is 4.79 Å². The van der Waals surface area contributed by atoms with Crippen LogP contribution >= 0.6 is 11.6 Å². The van der Waals surface area contributed by atoms with Gasteiger partial charge in [-0.15, -0.1) is 0 Å². The first-order valence-corrected chi connectivity index (χ1v) is 10.4. The molecule has 5 heteroatoms. The summed E-state index contributed by atoms with van der Waals surface area (Å²) < 4.78 is 5.55. The number of para-hydroxylation sites is 1. The molecule has 1 aliphatic heterocycles. The van der Waals surface area contributed by atoms with E-state index in [-0.39, 0.29) is 17.9 Å². The summed E-state index contributed by atoms with van der Waals surface area (Å²) in [5.41, 5.74) is 3.98. The Kier molecular flexibility index (Phi) is 4.72. The Hall–Kier alpha value is -3.24. The molecule has 0 radical (unpaired) electrons. The minimum Gasteiger partial charge on any atom is -0.494 e. The number of H-pyrrole nitrogens is 1. The topological polar surface area (TPSA) is 45.3 Å². The summed E-state index contributed by atoms with van der Waals surface area (Å²) in [7, 11) is 0. The zero-order valence-electron chi connectivity index (χ0n) is 16.5. The second kappa shape index (κ2) is 7.54. The fourth-order valence-corrected chi connectivity index (χ4v) is 4.43. The number of hydrogen-bond donors (Lipinski definition) is 1. The normalized spacial score (nSPS) is 18.5. The van der Waals surface area contributed by atoms with Crippen LogP contribution in [0.4, 0.5) is 5.69 Å². The van der Waals surface area contributed by atoms with Gasteiger partial charge < -0.3 is 14.6 Å². The third-order valence-electron chi connectivity index (χ3n) is 5.69. The lowest BCUT2D eigenvalue weighted by Gasteiger charge is -2.47. The van der Waals surface area contributed by atoms with Gasteiger partial charge in [-0.2, -0.15) is 0 Å². The minimum absolute atomic E-state index is 0.0869. The third-order valence-corrected chi connectivity index (χ3v) is 5.94. The van der Waals surface area contributed by atoms with Gasteiger partial charge in [0.25, 0.3) is 0 Å². The van der Waals surface area contributed by atoms with E-state index in [1.54, 1.807) is 0 Å². The number of anilines is 1. The molecule has 1 fully saturated rings. The maximum atomic E-state index is 13.4. The Morgan fingerprint density at radius 1 is 1.00 bits per heavy atom. The van der Waals surface area contributed by atoms with Gasteiger partial charge in [0.1, 0.15) is 5.75 Å². The van der Waals surface area contributed by atoms with Crippen LogP contribution < -0.4 is 9.64 Å². The molecule has 5 rings (SSSR count). The average molecular weight is 417 g/mol. The highest BCUT2D eigenvalue weighted by atomic mass is 35.5. The summed E-state index contributed by atoms with van der Waals surface area (Å²) in [6.45, 7) is 2.56. The van der Waals surface area contributed by atoms with Gasteiger partial charge >= 0.3 is 0 Å². The van der Waals surface area contributed by atoms with Crippen LogP contribution in [0.1, 0.15) is 30.0 Å². The van der Waals surface area contributed by atoms with Gasteiger partial charge in [0.15, 0.2) is 0 Å². The standard InChI is InChI=1S/C25H21ClN2O2/c1-2-30-19-13-11-18(12-14-19)28-24(16-7-9-17(26)10-8-16)23(25(28)29)21-15-27-22-6-4-3-5-20(21)22/h3-15,23-24,27H,2H2,1H3. The van der Waals surface area contributed by atoms with Crippen LogP contribution in [0.15, 0.2) is 79.0 Å². The third kappa shape index (κ3) is 3.04. The predicted octanol–water partition coefficient (Wildman–Crippen LogP) is 6.09. The summed E-state index contributed by atoms with van der Waals surface area (Å²) in [5.74, 6) is 0.628. The molecule has 2 atom stereocenters. The van der Waals surface area contributed by atoms with Crippen LogP contribution in [-0.2, 0) is 4.79 Å². The number of nitrogens with one attached hydrogen (secondary N) is 1. The number of carbonyl (C=O) groups excluding carboxylic acids is 1. The lowest BCUT2D eigenvalue weighted by molar-refractivity contribution is -0.126. The molecule has 1 N–H and O–H groups in total. The molecule has 1 aliphatic rings. The van der Waals surface area contributed by atoms with Gasteiger partial charge in [0.2, 0.25) is 5.91 Å². The largest absolute Gasteiger partial charge is 0.494 e. The SMILES string of the molecule is CCOc1ccc(N2C(=O)C(c3c[nH]c4ccccc34)C2c2ccc(Cl)cc2)cc1. The molecule has 3 aromatic carbocycles. The van der Waals surface area contributed by atoms with Crippen LogP contribution in [0, 0.1) is 0 Å². The first kappa shape index (κ1) is 18.8. The molecule has 30 heavy (non-hydrogen) atoms. The highest BCUT2D eigenvalue weighted by molar-refractivity contribution is 6.30. The fourth-order valence-electron chi connectivity index (χ4n) is 4.30. The van der Waals surface area contributed by atoms with Crippen molar-refractivity contribution in [2.24, 2.45) is 0 Å². The van der Waals surface area contributed by atoms with Crippen molar-refractivity contribution in [2.45, 2.75) is 18.9 Å². The quantitative estimate of drug-likeness (QED) is 0.400. The second-order valence-corrected chi connectivity index (χ2v) is 7.84.